The van der Waals surface area contributed by atoms with E-state index in [4.69, 9.17) is 11.6 Å². The predicted octanol–water partition coefficient (Wildman–Crippen LogP) is 4.67. The van der Waals surface area contributed by atoms with E-state index in [1.54, 1.807) is 0 Å². The Labute approximate surface area is 152 Å². The zero-order chi connectivity index (χ0) is 16.8. The van der Waals surface area contributed by atoms with Crippen LogP contribution in [0.25, 0.3) is 0 Å². The van der Waals surface area contributed by atoms with Gasteiger partial charge in [0, 0.05) is 22.2 Å². The highest BCUT2D eigenvalue weighted by Crippen LogP contribution is 2.21. The van der Waals surface area contributed by atoms with E-state index in [9.17, 15) is 4.79 Å². The lowest BCUT2D eigenvalue weighted by Gasteiger charge is -2.14. The summed E-state index contributed by atoms with van der Waals surface area (Å²) in [6.45, 7) is 3.39. The van der Waals surface area contributed by atoms with Crippen molar-refractivity contribution < 1.29 is 4.79 Å². The van der Waals surface area contributed by atoms with Gasteiger partial charge < -0.3 is 5.32 Å². The van der Waals surface area contributed by atoms with Crippen LogP contribution in [0.1, 0.15) is 18.4 Å². The molecule has 2 aromatic rings. The number of carbonyl (C=O) groups excluding carboxylic acids is 1. The maximum absolute atomic E-state index is 12.1. The molecule has 1 aliphatic rings. The molecule has 0 bridgehead atoms. The van der Waals surface area contributed by atoms with Crippen LogP contribution in [0.15, 0.2) is 53.4 Å². The van der Waals surface area contributed by atoms with Crippen molar-refractivity contribution in [1.82, 2.24) is 4.90 Å². The SMILES string of the molecule is O=C(CSc1ccc(Cl)cc1)Nc1ccc(CN2CCCC2)cc1. The van der Waals surface area contributed by atoms with Gasteiger partial charge in [0.05, 0.1) is 5.75 Å². The Morgan fingerprint density at radius 2 is 1.71 bits per heavy atom. The van der Waals surface area contributed by atoms with Gasteiger partial charge in [-0.1, -0.05) is 23.7 Å². The van der Waals surface area contributed by atoms with Gasteiger partial charge in [0.25, 0.3) is 0 Å². The first-order chi connectivity index (χ1) is 11.7. The molecule has 0 unspecified atom stereocenters. The van der Waals surface area contributed by atoms with E-state index in [0.717, 1.165) is 17.1 Å². The number of amides is 1. The number of carbonyl (C=O) groups is 1. The molecule has 5 heteroatoms. The Morgan fingerprint density at radius 3 is 2.38 bits per heavy atom. The topological polar surface area (TPSA) is 32.3 Å². The summed E-state index contributed by atoms with van der Waals surface area (Å²) in [7, 11) is 0. The van der Waals surface area contributed by atoms with Crippen LogP contribution in [0.2, 0.25) is 5.02 Å². The van der Waals surface area contributed by atoms with Crippen molar-refractivity contribution in [2.24, 2.45) is 0 Å². The van der Waals surface area contributed by atoms with Gasteiger partial charge in [-0.3, -0.25) is 9.69 Å². The normalized spacial score (nSPS) is 14.7. The number of benzene rings is 2. The molecule has 0 aromatic heterocycles. The molecule has 1 saturated heterocycles. The van der Waals surface area contributed by atoms with Crippen LogP contribution in [-0.2, 0) is 11.3 Å². The zero-order valence-corrected chi connectivity index (χ0v) is 15.1. The number of rotatable bonds is 6. The monoisotopic (exact) mass is 360 g/mol. The summed E-state index contributed by atoms with van der Waals surface area (Å²) in [4.78, 5) is 15.6. The fourth-order valence-electron chi connectivity index (χ4n) is 2.77. The number of nitrogens with zero attached hydrogens (tertiary/aromatic N) is 1. The van der Waals surface area contributed by atoms with E-state index in [-0.39, 0.29) is 5.91 Å². The van der Waals surface area contributed by atoms with Crippen LogP contribution in [-0.4, -0.2) is 29.6 Å². The molecule has 0 saturated carbocycles. The first-order valence-corrected chi connectivity index (χ1v) is 9.55. The van der Waals surface area contributed by atoms with Crippen LogP contribution >= 0.6 is 23.4 Å². The Balaban J connectivity index is 1.46. The second kappa shape index (κ2) is 8.56. The van der Waals surface area contributed by atoms with Crippen LogP contribution in [0.5, 0.6) is 0 Å². The van der Waals surface area contributed by atoms with Crippen LogP contribution in [0.3, 0.4) is 0 Å². The zero-order valence-electron chi connectivity index (χ0n) is 13.5. The lowest BCUT2D eigenvalue weighted by Crippen LogP contribution is -2.18. The van der Waals surface area contributed by atoms with Crippen LogP contribution in [0.4, 0.5) is 5.69 Å². The maximum Gasteiger partial charge on any atom is 0.234 e. The molecule has 24 heavy (non-hydrogen) atoms. The first kappa shape index (κ1) is 17.3. The van der Waals surface area contributed by atoms with Gasteiger partial charge in [0.15, 0.2) is 0 Å². The Kier molecular flexibility index (Phi) is 6.18. The third-order valence-corrected chi connectivity index (χ3v) is 5.29. The number of thioether (sulfide) groups is 1. The summed E-state index contributed by atoms with van der Waals surface area (Å²) >= 11 is 7.36. The number of halogens is 1. The number of likely N-dealkylation sites (tertiary alicyclic amines) is 1. The Bertz CT molecular complexity index is 667. The van der Waals surface area contributed by atoms with Gasteiger partial charge in [-0.25, -0.2) is 0 Å². The molecule has 1 amide bonds. The van der Waals surface area contributed by atoms with Gasteiger partial charge in [0.1, 0.15) is 0 Å². The Morgan fingerprint density at radius 1 is 1.04 bits per heavy atom. The van der Waals surface area contributed by atoms with Crippen LogP contribution < -0.4 is 5.32 Å². The van der Waals surface area contributed by atoms with E-state index in [2.05, 4.69) is 22.3 Å². The van der Waals surface area contributed by atoms with Crippen molar-refractivity contribution in [2.75, 3.05) is 24.2 Å². The smallest absolute Gasteiger partial charge is 0.234 e. The Hall–Kier alpha value is -1.49. The molecule has 1 aliphatic heterocycles. The molecule has 1 N–H and O–H groups in total. The van der Waals surface area contributed by atoms with E-state index in [1.807, 2.05) is 36.4 Å². The lowest BCUT2D eigenvalue weighted by molar-refractivity contribution is -0.113. The highest BCUT2D eigenvalue weighted by Gasteiger charge is 2.11. The number of hydrogen-bond donors (Lipinski definition) is 1. The summed E-state index contributed by atoms with van der Waals surface area (Å²) in [5.74, 6) is 0.388. The van der Waals surface area contributed by atoms with Crippen molar-refractivity contribution in [1.29, 1.82) is 0 Å². The van der Waals surface area contributed by atoms with Crippen LogP contribution in [0, 0.1) is 0 Å². The highest BCUT2D eigenvalue weighted by atomic mass is 35.5. The van der Waals surface area contributed by atoms with Crippen molar-refractivity contribution in [2.45, 2.75) is 24.3 Å². The molecular formula is C19H21ClN2OS. The molecule has 0 atom stereocenters. The largest absolute Gasteiger partial charge is 0.325 e. The fourth-order valence-corrected chi connectivity index (χ4v) is 3.59. The summed E-state index contributed by atoms with van der Waals surface area (Å²) in [5.41, 5.74) is 2.15. The molecule has 0 spiro atoms. The molecule has 126 valence electrons. The second-order valence-corrected chi connectivity index (χ2v) is 7.46. The minimum atomic E-state index is 0.00208. The molecule has 1 heterocycles. The van der Waals surface area contributed by atoms with Gasteiger partial charge in [-0.05, 0) is 67.9 Å². The summed E-state index contributed by atoms with van der Waals surface area (Å²) < 4.78 is 0. The van der Waals surface area contributed by atoms with Crippen molar-refractivity contribution in [3.05, 3.63) is 59.1 Å². The molecule has 2 aromatic carbocycles. The standard InChI is InChI=1S/C19H21ClN2OS/c20-16-5-9-18(10-6-16)24-14-19(23)21-17-7-3-15(4-8-17)13-22-11-1-2-12-22/h3-10H,1-2,11-14H2,(H,21,23). The van der Waals surface area contributed by atoms with Crippen molar-refractivity contribution in [3.63, 3.8) is 0 Å². The number of anilines is 1. The average molecular weight is 361 g/mol. The minimum Gasteiger partial charge on any atom is -0.325 e. The lowest BCUT2D eigenvalue weighted by atomic mass is 10.2. The second-order valence-electron chi connectivity index (χ2n) is 5.97. The molecular weight excluding hydrogens is 340 g/mol. The molecule has 1 fully saturated rings. The minimum absolute atomic E-state index is 0.00208. The first-order valence-electron chi connectivity index (χ1n) is 8.18. The van der Waals surface area contributed by atoms with E-state index in [1.165, 1.54) is 43.3 Å². The summed E-state index contributed by atoms with van der Waals surface area (Å²) in [5, 5.41) is 3.65. The van der Waals surface area contributed by atoms with Gasteiger partial charge in [0.2, 0.25) is 5.91 Å². The van der Waals surface area contributed by atoms with Crippen molar-refractivity contribution in [3.8, 4) is 0 Å². The number of hydrogen-bond acceptors (Lipinski definition) is 3. The maximum atomic E-state index is 12.1. The molecule has 3 rings (SSSR count). The molecule has 3 nitrogen and oxygen atoms in total. The fraction of sp³-hybridized carbons (Fsp3) is 0.316. The third-order valence-electron chi connectivity index (χ3n) is 4.03. The highest BCUT2D eigenvalue weighted by molar-refractivity contribution is 8.00. The number of nitrogens with one attached hydrogen (secondary N) is 1. The van der Waals surface area contributed by atoms with Gasteiger partial charge >= 0.3 is 0 Å². The third kappa shape index (κ3) is 5.26. The predicted molar refractivity (Wildman–Crippen MR) is 102 cm³/mol. The van der Waals surface area contributed by atoms with E-state index >= 15 is 0 Å². The van der Waals surface area contributed by atoms with Gasteiger partial charge in [-0.2, -0.15) is 0 Å². The summed E-state index contributed by atoms with van der Waals surface area (Å²) in [6, 6.07) is 15.7. The molecule has 0 aliphatic carbocycles. The quantitative estimate of drug-likeness (QED) is 0.760. The van der Waals surface area contributed by atoms with E-state index in [0.29, 0.717) is 10.8 Å². The summed E-state index contributed by atoms with van der Waals surface area (Å²) in [6.07, 6.45) is 2.61. The molecule has 0 radical (unpaired) electrons. The van der Waals surface area contributed by atoms with E-state index < -0.39 is 0 Å². The average Bonchev–Trinajstić information content (AvgIpc) is 3.09. The van der Waals surface area contributed by atoms with Gasteiger partial charge in [-0.15, -0.1) is 11.8 Å². The van der Waals surface area contributed by atoms with Crippen molar-refractivity contribution >= 4 is 35.0 Å².